The van der Waals surface area contributed by atoms with Gasteiger partial charge in [-0.3, -0.25) is 9.59 Å². The number of allylic oxidation sites excluding steroid dienone is 2. The fourth-order valence-corrected chi connectivity index (χ4v) is 1.85. The molecule has 0 amide bonds. The lowest BCUT2D eigenvalue weighted by atomic mass is 9.93. The van der Waals surface area contributed by atoms with Gasteiger partial charge in [-0.15, -0.1) is 6.58 Å². The molecule has 0 saturated carbocycles. The summed E-state index contributed by atoms with van der Waals surface area (Å²) in [6, 6.07) is 6.85. The molecule has 16 heavy (non-hydrogen) atoms. The normalized spacial score (nSPS) is 15.0. The van der Waals surface area contributed by atoms with Crippen molar-refractivity contribution in [2.24, 2.45) is 0 Å². The van der Waals surface area contributed by atoms with Crippen molar-refractivity contribution in [2.75, 3.05) is 0 Å². The van der Waals surface area contributed by atoms with Crippen LogP contribution in [0.5, 0.6) is 0 Å². The van der Waals surface area contributed by atoms with Gasteiger partial charge in [0.2, 0.25) is 0 Å². The number of Topliss-reactive ketones (excluding diaryl/α,β-unsaturated/α-hetero) is 2. The van der Waals surface area contributed by atoms with Crippen LogP contribution < -0.4 is 0 Å². The van der Waals surface area contributed by atoms with Crippen molar-refractivity contribution >= 4 is 11.6 Å². The third kappa shape index (κ3) is 1.43. The largest absolute Gasteiger partial charge is 0.293 e. The zero-order chi connectivity index (χ0) is 11.7. The first-order valence-electron chi connectivity index (χ1n) is 5.01. The van der Waals surface area contributed by atoms with E-state index in [-0.39, 0.29) is 17.5 Å². The number of benzene rings is 1. The highest BCUT2D eigenvalue weighted by Crippen LogP contribution is 2.33. The maximum Gasteiger partial charge on any atom is 0.183 e. The second-order valence-electron chi connectivity index (χ2n) is 3.68. The fraction of sp³-hybridized carbons (Fsp3) is 0.0714. The van der Waals surface area contributed by atoms with Crippen LogP contribution in [0.1, 0.15) is 27.1 Å². The molecule has 1 radical (unpaired) electrons. The Balaban J connectivity index is 2.42. The predicted molar refractivity (Wildman–Crippen MR) is 62.3 cm³/mol. The fourth-order valence-electron chi connectivity index (χ4n) is 1.85. The van der Waals surface area contributed by atoms with Crippen molar-refractivity contribution in [2.45, 2.75) is 6.42 Å². The van der Waals surface area contributed by atoms with E-state index in [0.29, 0.717) is 23.1 Å². The highest BCUT2D eigenvalue weighted by Gasteiger charge is 2.40. The molecule has 0 N–H and O–H groups in total. The van der Waals surface area contributed by atoms with Crippen LogP contribution in [-0.2, 0) is 0 Å². The summed E-state index contributed by atoms with van der Waals surface area (Å²) in [5.74, 6) is -0.221. The van der Waals surface area contributed by atoms with Crippen LogP contribution in [0.25, 0.3) is 0 Å². The smallest absolute Gasteiger partial charge is 0.183 e. The number of hydrogen-bond acceptors (Lipinski definition) is 2. The first-order chi connectivity index (χ1) is 7.66. The van der Waals surface area contributed by atoms with E-state index in [9.17, 15) is 9.59 Å². The molecule has 0 aromatic heterocycles. The lowest BCUT2D eigenvalue weighted by Crippen LogP contribution is -2.14. The Bertz CT molecular complexity index is 462. The third-order valence-electron chi connectivity index (χ3n) is 2.61. The van der Waals surface area contributed by atoms with Gasteiger partial charge in [0.15, 0.2) is 11.6 Å². The summed E-state index contributed by atoms with van der Waals surface area (Å²) >= 11 is 0. The molecule has 0 bridgehead atoms. The maximum absolute atomic E-state index is 12.0. The average molecular weight is 211 g/mol. The van der Waals surface area contributed by atoms with E-state index in [1.165, 1.54) is 0 Å². The second-order valence-corrected chi connectivity index (χ2v) is 3.68. The molecule has 0 atom stereocenters. The summed E-state index contributed by atoms with van der Waals surface area (Å²) in [5, 5.41) is 0. The Morgan fingerprint density at radius 1 is 1.12 bits per heavy atom. The standard InChI is InChI=1S/C14H11O2/c1-3-6-9(2)12-13(15)10-7-4-5-8-11(10)14(12)16/h3-5,7-8H,1-2,6H2. The zero-order valence-electron chi connectivity index (χ0n) is 8.82. The number of carbonyl (C=O) groups is 2. The van der Waals surface area contributed by atoms with Crippen molar-refractivity contribution in [1.82, 2.24) is 0 Å². The Morgan fingerprint density at radius 2 is 1.62 bits per heavy atom. The molecule has 79 valence electrons. The van der Waals surface area contributed by atoms with Gasteiger partial charge in [-0.05, 0) is 6.42 Å². The molecular formula is C14H11O2. The van der Waals surface area contributed by atoms with Crippen LogP contribution in [0.3, 0.4) is 0 Å². The van der Waals surface area contributed by atoms with Crippen LogP contribution in [0.15, 0.2) is 49.1 Å². The molecule has 1 aromatic rings. The zero-order valence-corrected chi connectivity index (χ0v) is 8.82. The van der Waals surface area contributed by atoms with E-state index in [2.05, 4.69) is 13.2 Å². The molecule has 1 aromatic carbocycles. The number of fused-ring (bicyclic) bond motifs is 1. The molecule has 0 spiro atoms. The Labute approximate surface area is 94.3 Å². The van der Waals surface area contributed by atoms with Gasteiger partial charge in [-0.25, -0.2) is 0 Å². The number of ketones is 2. The number of carbonyl (C=O) groups excluding carboxylic acids is 2. The first-order valence-corrected chi connectivity index (χ1v) is 5.01. The van der Waals surface area contributed by atoms with Gasteiger partial charge in [0.1, 0.15) is 5.92 Å². The van der Waals surface area contributed by atoms with Crippen molar-refractivity contribution in [3.05, 3.63) is 66.1 Å². The summed E-state index contributed by atoms with van der Waals surface area (Å²) < 4.78 is 0. The minimum absolute atomic E-state index is 0.209. The van der Waals surface area contributed by atoms with Gasteiger partial charge in [0.05, 0.1) is 0 Å². The van der Waals surface area contributed by atoms with Crippen molar-refractivity contribution < 1.29 is 9.59 Å². The molecule has 2 rings (SSSR count). The summed E-state index contributed by atoms with van der Waals surface area (Å²) in [7, 11) is 0. The Hall–Kier alpha value is -1.96. The SMILES string of the molecule is C=CCC(=C)[C]1C(=O)c2ccccc2C1=O. The van der Waals surface area contributed by atoms with E-state index in [1.54, 1.807) is 30.3 Å². The number of rotatable bonds is 3. The molecule has 2 heteroatoms. The summed E-state index contributed by atoms with van der Waals surface area (Å²) in [6.07, 6.45) is 2.10. The van der Waals surface area contributed by atoms with Crippen LogP contribution in [0.4, 0.5) is 0 Å². The van der Waals surface area contributed by atoms with Gasteiger partial charge < -0.3 is 0 Å². The minimum Gasteiger partial charge on any atom is -0.293 e. The first kappa shape index (κ1) is 10.6. The molecule has 2 nitrogen and oxygen atoms in total. The monoisotopic (exact) mass is 211 g/mol. The van der Waals surface area contributed by atoms with Crippen molar-refractivity contribution in [1.29, 1.82) is 0 Å². The van der Waals surface area contributed by atoms with Crippen molar-refractivity contribution in [3.63, 3.8) is 0 Å². The van der Waals surface area contributed by atoms with Crippen LogP contribution in [0.2, 0.25) is 0 Å². The van der Waals surface area contributed by atoms with Crippen LogP contribution >= 0.6 is 0 Å². The predicted octanol–water partition coefficient (Wildman–Crippen LogP) is 2.77. The molecule has 0 saturated heterocycles. The van der Waals surface area contributed by atoms with Gasteiger partial charge in [0.25, 0.3) is 0 Å². The van der Waals surface area contributed by atoms with E-state index in [4.69, 9.17) is 0 Å². The lowest BCUT2D eigenvalue weighted by Gasteiger charge is -2.06. The van der Waals surface area contributed by atoms with Crippen LogP contribution in [-0.4, -0.2) is 11.6 Å². The highest BCUT2D eigenvalue weighted by molar-refractivity contribution is 6.38. The lowest BCUT2D eigenvalue weighted by molar-refractivity contribution is 0.0958. The molecule has 1 aliphatic rings. The molecule has 0 heterocycles. The van der Waals surface area contributed by atoms with Gasteiger partial charge in [-0.2, -0.15) is 0 Å². The number of hydrogen-bond donors (Lipinski definition) is 0. The third-order valence-corrected chi connectivity index (χ3v) is 2.61. The van der Waals surface area contributed by atoms with Gasteiger partial charge in [-0.1, -0.05) is 42.5 Å². The highest BCUT2D eigenvalue weighted by atomic mass is 16.2. The summed E-state index contributed by atoms with van der Waals surface area (Å²) in [6.45, 7) is 7.33. The Morgan fingerprint density at radius 3 is 2.06 bits per heavy atom. The van der Waals surface area contributed by atoms with E-state index in [0.717, 1.165) is 0 Å². The van der Waals surface area contributed by atoms with E-state index < -0.39 is 0 Å². The summed E-state index contributed by atoms with van der Waals surface area (Å²) in [5.41, 5.74) is 1.50. The van der Waals surface area contributed by atoms with E-state index >= 15 is 0 Å². The Kier molecular flexibility index (Phi) is 2.57. The molecule has 0 fully saturated rings. The van der Waals surface area contributed by atoms with Gasteiger partial charge in [0, 0.05) is 11.1 Å². The average Bonchev–Trinajstić information content (AvgIpc) is 2.53. The summed E-state index contributed by atoms with van der Waals surface area (Å²) in [4.78, 5) is 23.9. The van der Waals surface area contributed by atoms with Crippen molar-refractivity contribution in [3.8, 4) is 0 Å². The van der Waals surface area contributed by atoms with Crippen LogP contribution in [0, 0.1) is 5.92 Å². The maximum atomic E-state index is 12.0. The molecular weight excluding hydrogens is 200 g/mol. The quantitative estimate of drug-likeness (QED) is 0.720. The van der Waals surface area contributed by atoms with Gasteiger partial charge >= 0.3 is 0 Å². The minimum atomic E-state index is -0.215. The molecule has 0 unspecified atom stereocenters. The second kappa shape index (κ2) is 3.89. The van der Waals surface area contributed by atoms with E-state index in [1.807, 2.05) is 0 Å². The topological polar surface area (TPSA) is 34.1 Å². The molecule has 1 aliphatic carbocycles. The molecule has 0 aliphatic heterocycles.